The average molecular weight is 306 g/mol. The lowest BCUT2D eigenvalue weighted by Gasteiger charge is -2.41. The summed E-state index contributed by atoms with van der Waals surface area (Å²) in [6.45, 7) is 3.42. The van der Waals surface area contributed by atoms with Crippen LogP contribution in [0.1, 0.15) is 32.1 Å². The molecule has 0 aromatic heterocycles. The zero-order valence-electron chi connectivity index (χ0n) is 12.0. The summed E-state index contributed by atoms with van der Waals surface area (Å²) in [6, 6.07) is 0. The number of hydrogen-bond acceptors (Lipinski definition) is 4. The number of nitrogens with one attached hydrogen (secondary N) is 1. The van der Waals surface area contributed by atoms with Gasteiger partial charge in [-0.2, -0.15) is 11.8 Å². The molecule has 1 aliphatic heterocycles. The lowest BCUT2D eigenvalue weighted by molar-refractivity contribution is 0.253. The molecule has 1 saturated carbocycles. The topological polar surface area (TPSA) is 49.4 Å². The molecule has 0 spiro atoms. The molecule has 19 heavy (non-hydrogen) atoms. The number of nitrogens with zero attached hydrogens (tertiary/aromatic N) is 1. The van der Waals surface area contributed by atoms with Gasteiger partial charge in [0.25, 0.3) is 0 Å². The summed E-state index contributed by atoms with van der Waals surface area (Å²) in [4.78, 5) is 0. The third-order valence-corrected chi connectivity index (χ3v) is 7.22. The summed E-state index contributed by atoms with van der Waals surface area (Å²) in [7, 11) is -3.01. The summed E-state index contributed by atoms with van der Waals surface area (Å²) >= 11 is 1.98. The third kappa shape index (κ3) is 4.09. The molecule has 0 aromatic rings. The van der Waals surface area contributed by atoms with Gasteiger partial charge in [0.1, 0.15) is 0 Å². The van der Waals surface area contributed by atoms with E-state index in [9.17, 15) is 8.42 Å². The average Bonchev–Trinajstić information content (AvgIpc) is 2.32. The van der Waals surface area contributed by atoms with Crippen LogP contribution in [0.5, 0.6) is 0 Å². The van der Waals surface area contributed by atoms with Gasteiger partial charge < -0.3 is 5.32 Å². The van der Waals surface area contributed by atoms with E-state index in [-0.39, 0.29) is 0 Å². The van der Waals surface area contributed by atoms with Crippen LogP contribution in [-0.2, 0) is 10.0 Å². The highest BCUT2D eigenvalue weighted by atomic mass is 32.2. The second-order valence-electron chi connectivity index (χ2n) is 6.00. The maximum atomic E-state index is 11.6. The largest absolute Gasteiger partial charge is 0.315 e. The predicted molar refractivity (Wildman–Crippen MR) is 82.1 cm³/mol. The van der Waals surface area contributed by atoms with Gasteiger partial charge in [-0.05, 0) is 44.4 Å². The Morgan fingerprint density at radius 3 is 2.63 bits per heavy atom. The summed E-state index contributed by atoms with van der Waals surface area (Å²) in [5, 5.41) is 3.58. The van der Waals surface area contributed by atoms with Crippen LogP contribution in [0.15, 0.2) is 0 Å². The molecule has 0 bridgehead atoms. The zero-order chi connectivity index (χ0) is 13.9. The molecule has 2 rings (SSSR count). The Morgan fingerprint density at radius 2 is 2.11 bits per heavy atom. The second kappa shape index (κ2) is 6.33. The molecule has 1 unspecified atom stereocenters. The summed E-state index contributed by atoms with van der Waals surface area (Å²) in [6.07, 6.45) is 9.65. The van der Waals surface area contributed by atoms with Gasteiger partial charge in [0.05, 0.1) is 6.26 Å². The number of thioether (sulfide) groups is 1. The van der Waals surface area contributed by atoms with Crippen LogP contribution >= 0.6 is 11.8 Å². The van der Waals surface area contributed by atoms with Crippen molar-refractivity contribution in [3.05, 3.63) is 0 Å². The van der Waals surface area contributed by atoms with Crippen molar-refractivity contribution < 1.29 is 8.42 Å². The third-order valence-electron chi connectivity index (χ3n) is 4.53. The van der Waals surface area contributed by atoms with E-state index < -0.39 is 10.0 Å². The smallest absolute Gasteiger partial charge is 0.211 e. The van der Waals surface area contributed by atoms with E-state index in [1.807, 2.05) is 11.8 Å². The van der Waals surface area contributed by atoms with Crippen molar-refractivity contribution in [2.75, 3.05) is 38.7 Å². The summed E-state index contributed by atoms with van der Waals surface area (Å²) in [5.74, 6) is 0.474. The minimum Gasteiger partial charge on any atom is -0.315 e. The monoisotopic (exact) mass is 306 g/mol. The summed E-state index contributed by atoms with van der Waals surface area (Å²) < 4.78 is 25.2. The normalized spacial score (nSPS) is 28.0. The van der Waals surface area contributed by atoms with Gasteiger partial charge in [-0.15, -0.1) is 0 Å². The molecule has 4 nitrogen and oxygen atoms in total. The van der Waals surface area contributed by atoms with E-state index in [2.05, 4.69) is 11.6 Å². The van der Waals surface area contributed by atoms with Crippen molar-refractivity contribution in [1.82, 2.24) is 9.62 Å². The van der Waals surface area contributed by atoms with Crippen LogP contribution in [0.25, 0.3) is 0 Å². The van der Waals surface area contributed by atoms with Crippen molar-refractivity contribution in [3.8, 4) is 0 Å². The van der Waals surface area contributed by atoms with E-state index in [4.69, 9.17) is 0 Å². The highest BCUT2D eigenvalue weighted by molar-refractivity contribution is 8.00. The van der Waals surface area contributed by atoms with Crippen LogP contribution in [0.3, 0.4) is 0 Å². The van der Waals surface area contributed by atoms with Crippen LogP contribution in [0.2, 0.25) is 0 Å². The Morgan fingerprint density at radius 1 is 1.37 bits per heavy atom. The maximum absolute atomic E-state index is 11.6. The molecule has 2 fully saturated rings. The molecule has 2 aliphatic rings. The fourth-order valence-corrected chi connectivity index (χ4v) is 4.91. The highest BCUT2D eigenvalue weighted by Crippen LogP contribution is 2.42. The van der Waals surface area contributed by atoms with Gasteiger partial charge in [-0.25, -0.2) is 12.7 Å². The van der Waals surface area contributed by atoms with Crippen LogP contribution in [0.4, 0.5) is 0 Å². The Hall–Kier alpha value is 0.220. The van der Waals surface area contributed by atoms with Crippen molar-refractivity contribution in [2.45, 2.75) is 36.9 Å². The molecule has 1 aliphatic carbocycles. The number of sulfonamides is 1. The lowest BCUT2D eigenvalue weighted by atomic mass is 9.84. The van der Waals surface area contributed by atoms with E-state index in [0.717, 1.165) is 25.9 Å². The minimum absolute atomic E-state index is 0.463. The maximum Gasteiger partial charge on any atom is 0.211 e. The number of hydrogen-bond donors (Lipinski definition) is 1. The molecular weight excluding hydrogens is 280 g/mol. The minimum atomic E-state index is -3.01. The Balaban J connectivity index is 1.74. The Bertz CT molecular complexity index is 388. The molecule has 1 heterocycles. The van der Waals surface area contributed by atoms with Gasteiger partial charge in [-0.3, -0.25) is 0 Å². The second-order valence-corrected chi connectivity index (χ2v) is 9.26. The molecule has 1 N–H and O–H groups in total. The number of rotatable bonds is 6. The van der Waals surface area contributed by atoms with Gasteiger partial charge in [0.15, 0.2) is 0 Å². The van der Waals surface area contributed by atoms with E-state index in [1.165, 1.54) is 25.5 Å². The molecule has 6 heteroatoms. The van der Waals surface area contributed by atoms with Crippen molar-refractivity contribution in [2.24, 2.45) is 5.92 Å². The van der Waals surface area contributed by atoms with E-state index in [0.29, 0.717) is 23.8 Å². The van der Waals surface area contributed by atoms with Crippen LogP contribution < -0.4 is 5.32 Å². The zero-order valence-corrected chi connectivity index (χ0v) is 13.7. The number of piperidine rings is 1. The van der Waals surface area contributed by atoms with Gasteiger partial charge in [0.2, 0.25) is 10.0 Å². The fourth-order valence-electron chi connectivity index (χ4n) is 3.02. The standard InChI is InChI=1S/C13H26N2O2S2/c1-18-13(6-4-7-13)11-14-9-12-5-3-8-15(10-12)19(2,16)17/h12,14H,3-11H2,1-2H3. The molecule has 0 radical (unpaired) electrons. The first-order valence-electron chi connectivity index (χ1n) is 7.16. The van der Waals surface area contributed by atoms with Crippen molar-refractivity contribution >= 4 is 21.8 Å². The first-order chi connectivity index (χ1) is 8.95. The van der Waals surface area contributed by atoms with E-state index >= 15 is 0 Å². The quantitative estimate of drug-likeness (QED) is 0.808. The molecule has 1 saturated heterocycles. The molecule has 0 amide bonds. The SMILES string of the molecule is CSC1(CNCC2CCCN(S(C)(=O)=O)C2)CCC1. The molecular formula is C13H26N2O2S2. The van der Waals surface area contributed by atoms with E-state index in [1.54, 1.807) is 4.31 Å². The lowest BCUT2D eigenvalue weighted by Crippen LogP contribution is -2.47. The van der Waals surface area contributed by atoms with Gasteiger partial charge in [-0.1, -0.05) is 6.42 Å². The Labute approximate surface area is 121 Å². The molecule has 1 atom stereocenters. The predicted octanol–water partition coefficient (Wildman–Crippen LogP) is 1.53. The van der Waals surface area contributed by atoms with Gasteiger partial charge in [0, 0.05) is 24.4 Å². The molecule has 0 aromatic carbocycles. The van der Waals surface area contributed by atoms with Gasteiger partial charge >= 0.3 is 0 Å². The van der Waals surface area contributed by atoms with Crippen LogP contribution in [-0.4, -0.2) is 56.2 Å². The highest BCUT2D eigenvalue weighted by Gasteiger charge is 2.35. The summed E-state index contributed by atoms with van der Waals surface area (Å²) in [5.41, 5.74) is 0. The Kier molecular flexibility index (Phi) is 5.20. The first kappa shape index (κ1) is 15.6. The first-order valence-corrected chi connectivity index (χ1v) is 10.2. The van der Waals surface area contributed by atoms with Crippen LogP contribution in [0, 0.1) is 5.92 Å². The molecule has 112 valence electrons. The van der Waals surface area contributed by atoms with Crippen molar-refractivity contribution in [1.29, 1.82) is 0 Å². The van der Waals surface area contributed by atoms with Crippen molar-refractivity contribution in [3.63, 3.8) is 0 Å². The fraction of sp³-hybridized carbons (Fsp3) is 1.00.